The Morgan fingerprint density at radius 3 is 2.64 bits per heavy atom. The van der Waals surface area contributed by atoms with Crippen molar-refractivity contribution in [2.75, 3.05) is 12.4 Å². The summed E-state index contributed by atoms with van der Waals surface area (Å²) in [6.07, 6.45) is 1.55. The Morgan fingerprint density at radius 1 is 1.29 bits per heavy atom. The average molecular weight is 192 g/mol. The van der Waals surface area contributed by atoms with Crippen LogP contribution >= 0.6 is 0 Å². The molecule has 0 bridgehead atoms. The number of rotatable bonds is 1. The van der Waals surface area contributed by atoms with Crippen molar-refractivity contribution in [3.63, 3.8) is 0 Å². The predicted octanol–water partition coefficient (Wildman–Crippen LogP) is 2.11. The molecule has 0 aliphatic heterocycles. The van der Waals surface area contributed by atoms with Gasteiger partial charge in [0, 0.05) is 12.7 Å². The monoisotopic (exact) mass is 192 g/mol. The Balaban J connectivity index is 0.000000461. The highest BCUT2D eigenvalue weighted by molar-refractivity contribution is 5.67. The average Bonchev–Trinajstić information content (AvgIpc) is 2.64. The third kappa shape index (κ3) is 1.69. The van der Waals surface area contributed by atoms with E-state index in [9.17, 15) is 0 Å². The number of anilines is 1. The molecule has 0 atom stereocenters. The van der Waals surface area contributed by atoms with Crippen molar-refractivity contribution >= 4 is 11.3 Å². The van der Waals surface area contributed by atoms with Crippen molar-refractivity contribution in [3.8, 4) is 0 Å². The van der Waals surface area contributed by atoms with E-state index < -0.39 is 0 Å². The van der Waals surface area contributed by atoms with Gasteiger partial charge in [-0.25, -0.2) is 9.50 Å². The molecule has 0 saturated heterocycles. The lowest BCUT2D eigenvalue weighted by Crippen LogP contribution is -1.99. The van der Waals surface area contributed by atoms with Crippen LogP contribution in [0.5, 0.6) is 0 Å². The topological polar surface area (TPSA) is 42.2 Å². The van der Waals surface area contributed by atoms with Gasteiger partial charge < -0.3 is 5.32 Å². The van der Waals surface area contributed by atoms with E-state index in [4.69, 9.17) is 0 Å². The highest BCUT2D eigenvalue weighted by Crippen LogP contribution is 2.13. The van der Waals surface area contributed by atoms with Crippen molar-refractivity contribution in [3.05, 3.63) is 24.2 Å². The zero-order valence-electron chi connectivity index (χ0n) is 9.07. The zero-order chi connectivity index (χ0) is 10.6. The first-order valence-electron chi connectivity index (χ1n) is 4.80. The first-order valence-corrected chi connectivity index (χ1v) is 4.80. The van der Waals surface area contributed by atoms with Gasteiger partial charge in [-0.3, -0.25) is 0 Å². The Bertz CT molecular complexity index is 405. The number of aryl methyl sites for hydroxylation is 1. The highest BCUT2D eigenvalue weighted by Gasteiger charge is 2.02. The molecule has 14 heavy (non-hydrogen) atoms. The summed E-state index contributed by atoms with van der Waals surface area (Å²) >= 11 is 0. The van der Waals surface area contributed by atoms with Crippen molar-refractivity contribution in [1.29, 1.82) is 0 Å². The minimum atomic E-state index is 0.859. The van der Waals surface area contributed by atoms with Crippen LogP contribution in [0.3, 0.4) is 0 Å². The van der Waals surface area contributed by atoms with Gasteiger partial charge in [-0.15, -0.1) is 0 Å². The number of fused-ring (bicyclic) bond motifs is 1. The molecule has 76 valence electrons. The predicted molar refractivity (Wildman–Crippen MR) is 58.6 cm³/mol. The Kier molecular flexibility index (Phi) is 3.45. The SMILES string of the molecule is CC.CNc1ncnn2c(C)ccc12. The van der Waals surface area contributed by atoms with Crippen LogP contribution in [0.2, 0.25) is 0 Å². The minimum Gasteiger partial charge on any atom is -0.371 e. The Morgan fingerprint density at radius 2 is 2.00 bits per heavy atom. The lowest BCUT2D eigenvalue weighted by molar-refractivity contribution is 0.873. The van der Waals surface area contributed by atoms with E-state index in [0.717, 1.165) is 17.0 Å². The van der Waals surface area contributed by atoms with Crippen LogP contribution in [-0.4, -0.2) is 21.6 Å². The van der Waals surface area contributed by atoms with Crippen LogP contribution in [0, 0.1) is 6.92 Å². The third-order valence-electron chi connectivity index (χ3n) is 1.88. The summed E-state index contributed by atoms with van der Waals surface area (Å²) in [5.41, 5.74) is 2.13. The molecular formula is C10H16N4. The molecule has 4 nitrogen and oxygen atoms in total. The maximum absolute atomic E-state index is 4.11. The van der Waals surface area contributed by atoms with Gasteiger partial charge in [0.05, 0.1) is 0 Å². The molecule has 1 N–H and O–H groups in total. The van der Waals surface area contributed by atoms with Crippen LogP contribution in [0.1, 0.15) is 19.5 Å². The van der Waals surface area contributed by atoms with E-state index in [2.05, 4.69) is 15.4 Å². The Labute approximate surface area is 84.0 Å². The van der Waals surface area contributed by atoms with E-state index in [1.54, 1.807) is 6.33 Å². The summed E-state index contributed by atoms with van der Waals surface area (Å²) in [6, 6.07) is 4.02. The second kappa shape index (κ2) is 4.60. The van der Waals surface area contributed by atoms with Gasteiger partial charge in [0.25, 0.3) is 0 Å². The number of nitrogens with one attached hydrogen (secondary N) is 1. The lowest BCUT2D eigenvalue weighted by Gasteiger charge is -2.01. The summed E-state index contributed by atoms with van der Waals surface area (Å²) in [6.45, 7) is 6.01. The van der Waals surface area contributed by atoms with E-state index in [1.807, 2.05) is 44.5 Å². The van der Waals surface area contributed by atoms with E-state index >= 15 is 0 Å². The molecule has 0 radical (unpaired) electrons. The minimum absolute atomic E-state index is 0.859. The van der Waals surface area contributed by atoms with Gasteiger partial charge in [-0.2, -0.15) is 5.10 Å². The summed E-state index contributed by atoms with van der Waals surface area (Å²) in [4.78, 5) is 4.10. The van der Waals surface area contributed by atoms with Crippen LogP contribution in [0.25, 0.3) is 5.52 Å². The fraction of sp³-hybridized carbons (Fsp3) is 0.400. The molecule has 0 aliphatic rings. The van der Waals surface area contributed by atoms with Gasteiger partial charge in [-0.1, -0.05) is 13.8 Å². The van der Waals surface area contributed by atoms with Gasteiger partial charge in [0.2, 0.25) is 0 Å². The first-order chi connectivity index (χ1) is 6.83. The van der Waals surface area contributed by atoms with Crippen LogP contribution in [0.15, 0.2) is 18.5 Å². The van der Waals surface area contributed by atoms with E-state index in [0.29, 0.717) is 0 Å². The van der Waals surface area contributed by atoms with Crippen molar-refractivity contribution in [2.45, 2.75) is 20.8 Å². The van der Waals surface area contributed by atoms with Gasteiger partial charge in [0.1, 0.15) is 11.8 Å². The summed E-state index contributed by atoms with van der Waals surface area (Å²) < 4.78 is 1.86. The molecule has 4 heteroatoms. The molecule has 2 rings (SSSR count). The maximum Gasteiger partial charge on any atom is 0.153 e. The first kappa shape index (κ1) is 10.5. The van der Waals surface area contributed by atoms with E-state index in [-0.39, 0.29) is 0 Å². The van der Waals surface area contributed by atoms with Crippen molar-refractivity contribution in [2.24, 2.45) is 0 Å². The number of hydrogen-bond donors (Lipinski definition) is 1. The largest absolute Gasteiger partial charge is 0.371 e. The summed E-state index contributed by atoms with van der Waals surface area (Å²) in [5, 5.41) is 7.13. The molecule has 0 aromatic carbocycles. The molecule has 0 spiro atoms. The smallest absolute Gasteiger partial charge is 0.153 e. The molecule has 2 heterocycles. The molecule has 2 aromatic heterocycles. The molecular weight excluding hydrogens is 176 g/mol. The number of aromatic nitrogens is 3. The van der Waals surface area contributed by atoms with Crippen molar-refractivity contribution < 1.29 is 0 Å². The molecule has 2 aromatic rings. The Hall–Kier alpha value is -1.58. The zero-order valence-corrected chi connectivity index (χ0v) is 9.07. The summed E-state index contributed by atoms with van der Waals surface area (Å²) in [5.74, 6) is 0.859. The van der Waals surface area contributed by atoms with Gasteiger partial charge in [0.15, 0.2) is 5.82 Å². The summed E-state index contributed by atoms with van der Waals surface area (Å²) in [7, 11) is 1.85. The van der Waals surface area contributed by atoms with Crippen LogP contribution in [0.4, 0.5) is 5.82 Å². The van der Waals surface area contributed by atoms with Gasteiger partial charge >= 0.3 is 0 Å². The number of hydrogen-bond acceptors (Lipinski definition) is 3. The normalized spacial score (nSPS) is 9.43. The molecule has 0 amide bonds. The lowest BCUT2D eigenvalue weighted by atomic mass is 10.5. The van der Waals surface area contributed by atoms with Gasteiger partial charge in [-0.05, 0) is 19.1 Å². The molecule has 0 saturated carbocycles. The second-order valence-corrected chi connectivity index (χ2v) is 2.63. The van der Waals surface area contributed by atoms with Crippen LogP contribution in [-0.2, 0) is 0 Å². The highest BCUT2D eigenvalue weighted by atomic mass is 15.3. The molecule has 0 unspecified atom stereocenters. The number of nitrogens with zero attached hydrogens (tertiary/aromatic N) is 3. The molecule has 0 aliphatic carbocycles. The van der Waals surface area contributed by atoms with Crippen molar-refractivity contribution in [1.82, 2.24) is 14.6 Å². The van der Waals surface area contributed by atoms with E-state index in [1.165, 1.54) is 0 Å². The second-order valence-electron chi connectivity index (χ2n) is 2.63. The van der Waals surface area contributed by atoms with Crippen LogP contribution < -0.4 is 5.32 Å². The third-order valence-corrected chi connectivity index (χ3v) is 1.88. The fourth-order valence-electron chi connectivity index (χ4n) is 1.26. The molecule has 0 fully saturated rings. The quantitative estimate of drug-likeness (QED) is 0.752. The fourth-order valence-corrected chi connectivity index (χ4v) is 1.26. The maximum atomic E-state index is 4.11. The standard InChI is InChI=1S/C8H10N4.C2H6/c1-6-3-4-7-8(9-2)10-5-11-12(6)7;1-2/h3-5H,1-2H3,(H,9,10,11);1-2H3.